The van der Waals surface area contributed by atoms with Crippen molar-refractivity contribution in [2.24, 2.45) is 18.4 Å². The number of aryl methyl sites for hydroxylation is 2. The second-order valence-corrected chi connectivity index (χ2v) is 12.8. The smallest absolute Gasteiger partial charge is 0.396 e. The molecule has 2 aromatic heterocycles. The highest BCUT2D eigenvalue weighted by Crippen LogP contribution is 2.39. The molecular weight excluding hydrogens is 563 g/mol. The molecule has 0 saturated carbocycles. The molecule has 3 atom stereocenters. The first-order valence-electron chi connectivity index (χ1n) is 13.1. The number of carbonyl (C=O) groups excluding carboxylic acids is 1. The molecule has 1 saturated heterocycles. The Labute approximate surface area is 240 Å². The average molecular weight is 600 g/mol. The Bertz CT molecular complexity index is 1300. The summed E-state index contributed by atoms with van der Waals surface area (Å²) in [5.74, 6) is 0.0302. The number of pyridine rings is 1. The number of hydrazine groups is 1. The number of amides is 1. The molecule has 41 heavy (non-hydrogen) atoms. The lowest BCUT2D eigenvalue weighted by Crippen LogP contribution is -2.43. The third-order valence-corrected chi connectivity index (χ3v) is 8.42. The van der Waals surface area contributed by atoms with E-state index in [1.807, 2.05) is 18.7 Å². The number of aliphatic hydroxyl groups excluding tert-OH is 1. The van der Waals surface area contributed by atoms with Crippen LogP contribution in [0.1, 0.15) is 50.2 Å². The normalized spacial score (nSPS) is 21.5. The molecule has 11 nitrogen and oxygen atoms in total. The minimum absolute atomic E-state index is 0.0326. The molecule has 1 amide bonds. The molecule has 0 aliphatic carbocycles. The quantitative estimate of drug-likeness (QED) is 0.373. The summed E-state index contributed by atoms with van der Waals surface area (Å²) >= 11 is -1.87. The van der Waals surface area contributed by atoms with Crippen LogP contribution >= 0.6 is 0 Å². The van der Waals surface area contributed by atoms with Gasteiger partial charge in [-0.2, -0.15) is 28.4 Å². The SMILES string of the molecule is Cc1nn(C)cc1[S+]([O-])NC(=O)c1ccc(N2C=CC(OCC(C)(C)C(F)(F)F)N2)nc1N1CC(CO)CC1(C)C. The molecule has 15 heteroatoms. The van der Waals surface area contributed by atoms with Gasteiger partial charge in [-0.3, -0.25) is 14.5 Å². The van der Waals surface area contributed by atoms with E-state index in [1.54, 1.807) is 44.6 Å². The van der Waals surface area contributed by atoms with E-state index < -0.39 is 47.2 Å². The molecule has 4 heterocycles. The highest BCUT2D eigenvalue weighted by molar-refractivity contribution is 7.90. The Morgan fingerprint density at radius 2 is 2.05 bits per heavy atom. The number of aliphatic hydroxyl groups is 1. The predicted octanol–water partition coefficient (Wildman–Crippen LogP) is 2.94. The van der Waals surface area contributed by atoms with Crippen molar-refractivity contribution in [2.75, 3.05) is 29.7 Å². The van der Waals surface area contributed by atoms with E-state index >= 15 is 0 Å². The lowest BCUT2D eigenvalue weighted by Gasteiger charge is -2.34. The lowest BCUT2D eigenvalue weighted by atomic mass is 9.94. The molecule has 2 aliphatic heterocycles. The maximum absolute atomic E-state index is 13.4. The zero-order valence-electron chi connectivity index (χ0n) is 23.8. The second kappa shape index (κ2) is 11.4. The van der Waals surface area contributed by atoms with Crippen LogP contribution in [-0.4, -0.2) is 68.0 Å². The van der Waals surface area contributed by atoms with Crippen molar-refractivity contribution in [1.82, 2.24) is 24.9 Å². The second-order valence-electron chi connectivity index (χ2n) is 11.6. The molecule has 2 aromatic rings. The third-order valence-electron chi connectivity index (χ3n) is 7.25. The first-order valence-corrected chi connectivity index (χ1v) is 14.2. The van der Waals surface area contributed by atoms with E-state index in [9.17, 15) is 27.6 Å². The summed E-state index contributed by atoms with van der Waals surface area (Å²) in [5.41, 5.74) is 1.16. The van der Waals surface area contributed by atoms with Gasteiger partial charge in [0.05, 0.1) is 23.8 Å². The van der Waals surface area contributed by atoms with Crippen LogP contribution in [0, 0.1) is 18.3 Å². The summed E-state index contributed by atoms with van der Waals surface area (Å²) in [7, 11) is 1.69. The van der Waals surface area contributed by atoms with Crippen molar-refractivity contribution in [3.63, 3.8) is 0 Å². The van der Waals surface area contributed by atoms with E-state index in [0.29, 0.717) is 35.2 Å². The van der Waals surface area contributed by atoms with E-state index in [-0.39, 0.29) is 18.1 Å². The van der Waals surface area contributed by atoms with Crippen LogP contribution < -0.4 is 20.1 Å². The Hall–Kier alpha value is -2.85. The van der Waals surface area contributed by atoms with Gasteiger partial charge in [-0.15, -0.1) is 0 Å². The molecule has 0 bridgehead atoms. The van der Waals surface area contributed by atoms with Gasteiger partial charge in [0.15, 0.2) is 0 Å². The van der Waals surface area contributed by atoms with Gasteiger partial charge in [0.1, 0.15) is 34.9 Å². The van der Waals surface area contributed by atoms with Crippen LogP contribution in [0.25, 0.3) is 0 Å². The number of hydrogen-bond acceptors (Lipinski definition) is 9. The van der Waals surface area contributed by atoms with Gasteiger partial charge in [0.2, 0.25) is 4.90 Å². The number of rotatable bonds is 9. The van der Waals surface area contributed by atoms with Crippen molar-refractivity contribution in [3.05, 3.63) is 41.9 Å². The summed E-state index contributed by atoms with van der Waals surface area (Å²) in [6.07, 6.45) is 0.138. The highest BCUT2D eigenvalue weighted by Gasteiger charge is 2.48. The van der Waals surface area contributed by atoms with Gasteiger partial charge < -0.3 is 19.3 Å². The first kappa shape index (κ1) is 31.1. The zero-order valence-corrected chi connectivity index (χ0v) is 24.6. The van der Waals surface area contributed by atoms with Gasteiger partial charge in [0.25, 0.3) is 5.91 Å². The number of nitrogens with zero attached hydrogens (tertiary/aromatic N) is 5. The van der Waals surface area contributed by atoms with Crippen molar-refractivity contribution in [2.45, 2.75) is 63.9 Å². The number of carbonyl (C=O) groups is 1. The van der Waals surface area contributed by atoms with E-state index in [4.69, 9.17) is 9.72 Å². The molecule has 3 unspecified atom stereocenters. The minimum atomic E-state index is -4.42. The number of anilines is 2. The Kier molecular flexibility index (Phi) is 8.67. The third kappa shape index (κ3) is 6.64. The summed E-state index contributed by atoms with van der Waals surface area (Å²) in [4.78, 5) is 20.5. The van der Waals surface area contributed by atoms with Crippen molar-refractivity contribution in [1.29, 1.82) is 0 Å². The summed E-state index contributed by atoms with van der Waals surface area (Å²) in [5, 5.41) is 15.5. The number of nitrogens with one attached hydrogen (secondary N) is 2. The average Bonchev–Trinajstić information content (AvgIpc) is 3.57. The van der Waals surface area contributed by atoms with Crippen molar-refractivity contribution in [3.8, 4) is 0 Å². The van der Waals surface area contributed by atoms with E-state index in [0.717, 1.165) is 13.8 Å². The lowest BCUT2D eigenvalue weighted by molar-refractivity contribution is -0.230. The fraction of sp³-hybridized carbons (Fsp3) is 0.577. The standard InChI is InChI=1S/C26H36F3N7O4S/c1-16-19(13-34(6)31-16)41(39)33-23(38)18-7-8-20(30-22(18)35-12-17(14-37)11-25(35,4)5)36-10-9-21(32-36)40-15-24(2,3)26(27,28)29/h7-10,13,17,21,32,37H,11-12,14-15H2,1-6H3,(H,33,38). The zero-order chi connectivity index (χ0) is 30.3. The van der Waals surface area contributed by atoms with E-state index in [1.165, 1.54) is 9.69 Å². The molecule has 1 fully saturated rings. The van der Waals surface area contributed by atoms with Gasteiger partial charge in [-0.25, -0.2) is 4.98 Å². The van der Waals surface area contributed by atoms with Crippen LogP contribution in [0.15, 0.2) is 35.5 Å². The number of hydrogen-bond donors (Lipinski definition) is 3. The monoisotopic (exact) mass is 599 g/mol. The molecular formula is C26H36F3N7O4S. The summed E-state index contributed by atoms with van der Waals surface area (Å²) in [6, 6.07) is 3.13. The molecule has 2 aliphatic rings. The predicted molar refractivity (Wildman–Crippen MR) is 147 cm³/mol. The Morgan fingerprint density at radius 1 is 1.34 bits per heavy atom. The largest absolute Gasteiger partial charge is 0.588 e. The van der Waals surface area contributed by atoms with Crippen LogP contribution in [-0.2, 0) is 23.1 Å². The molecule has 226 valence electrons. The van der Waals surface area contributed by atoms with Gasteiger partial charge >= 0.3 is 6.18 Å². The number of alkyl halides is 3. The van der Waals surface area contributed by atoms with Crippen LogP contribution in [0.5, 0.6) is 0 Å². The number of aromatic nitrogens is 3. The van der Waals surface area contributed by atoms with Crippen LogP contribution in [0.2, 0.25) is 0 Å². The van der Waals surface area contributed by atoms with Crippen LogP contribution in [0.4, 0.5) is 24.8 Å². The van der Waals surface area contributed by atoms with Gasteiger partial charge in [-0.1, -0.05) is 0 Å². The van der Waals surface area contributed by atoms with Gasteiger partial charge in [-0.05, 0) is 59.2 Å². The maximum atomic E-state index is 13.4. The van der Waals surface area contributed by atoms with Crippen LogP contribution in [0.3, 0.4) is 0 Å². The maximum Gasteiger partial charge on any atom is 0.396 e. The fourth-order valence-corrected chi connectivity index (χ4v) is 5.74. The molecule has 0 aromatic carbocycles. The molecule has 4 rings (SSSR count). The molecule has 0 spiro atoms. The summed E-state index contributed by atoms with van der Waals surface area (Å²) < 4.78 is 62.2. The Balaban J connectivity index is 1.58. The van der Waals surface area contributed by atoms with Crippen molar-refractivity contribution < 1.29 is 32.4 Å². The first-order chi connectivity index (χ1) is 19.0. The molecule has 3 N–H and O–H groups in total. The highest BCUT2D eigenvalue weighted by atomic mass is 32.2. The topological polar surface area (TPSA) is 131 Å². The number of halogens is 3. The number of ether oxygens (including phenoxy) is 1. The van der Waals surface area contributed by atoms with Crippen molar-refractivity contribution >= 4 is 28.9 Å². The Morgan fingerprint density at radius 3 is 2.63 bits per heavy atom. The fourth-order valence-electron chi connectivity index (χ4n) is 4.79. The minimum Gasteiger partial charge on any atom is -0.588 e. The molecule has 0 radical (unpaired) electrons. The van der Waals surface area contributed by atoms with E-state index in [2.05, 4.69) is 15.2 Å². The van der Waals surface area contributed by atoms with Gasteiger partial charge in [0, 0.05) is 37.9 Å². The summed E-state index contributed by atoms with van der Waals surface area (Å²) in [6.45, 7) is 7.65.